The molecule has 4 aromatic rings. The predicted octanol–water partition coefficient (Wildman–Crippen LogP) is 5.01. The average Bonchev–Trinajstić information content (AvgIpc) is 3.34. The number of carbonyl (C=O) groups excluding carboxylic acids is 2. The van der Waals surface area contributed by atoms with Gasteiger partial charge in [-0.25, -0.2) is 0 Å². The number of methoxy groups -OCH3 is 1. The fourth-order valence-corrected chi connectivity index (χ4v) is 4.54. The maximum absolute atomic E-state index is 12.5. The summed E-state index contributed by atoms with van der Waals surface area (Å²) in [7, 11) is 1.58. The standard InChI is InChI=1S/C26H23Cl2N5O4S/c1-36-20-10-8-18(9-11-20)30-25(35)16-38-26-32-31-23(33(26)19-5-3-2-4-6-19)14-29-24(34)15-37-22-12-7-17(27)13-21(22)28/h2-13H,14-16H2,1H3,(H,29,34)(H,30,35). The van der Waals surface area contributed by atoms with Crippen molar-refractivity contribution in [2.75, 3.05) is 24.8 Å². The number of benzene rings is 3. The number of para-hydroxylation sites is 1. The minimum Gasteiger partial charge on any atom is -0.497 e. The van der Waals surface area contributed by atoms with Crippen molar-refractivity contribution in [1.82, 2.24) is 20.1 Å². The zero-order chi connectivity index (χ0) is 26.9. The van der Waals surface area contributed by atoms with Crippen LogP contribution in [-0.4, -0.2) is 46.0 Å². The van der Waals surface area contributed by atoms with E-state index in [0.29, 0.717) is 38.2 Å². The summed E-state index contributed by atoms with van der Waals surface area (Å²) in [5.74, 6) is 1.09. The molecule has 0 saturated heterocycles. The fourth-order valence-electron chi connectivity index (χ4n) is 3.31. The number of aromatic nitrogens is 3. The van der Waals surface area contributed by atoms with Crippen molar-refractivity contribution in [1.29, 1.82) is 0 Å². The van der Waals surface area contributed by atoms with Gasteiger partial charge in [0.25, 0.3) is 5.91 Å². The number of ether oxygens (including phenoxy) is 2. The van der Waals surface area contributed by atoms with Gasteiger partial charge in [0.15, 0.2) is 17.6 Å². The molecule has 0 aliphatic heterocycles. The highest BCUT2D eigenvalue weighted by Crippen LogP contribution is 2.27. The van der Waals surface area contributed by atoms with Gasteiger partial charge in [0.2, 0.25) is 5.91 Å². The minimum absolute atomic E-state index is 0.0943. The lowest BCUT2D eigenvalue weighted by atomic mass is 10.3. The van der Waals surface area contributed by atoms with Gasteiger partial charge in [0.05, 0.1) is 24.4 Å². The van der Waals surface area contributed by atoms with Crippen LogP contribution in [0.5, 0.6) is 11.5 Å². The molecule has 0 saturated carbocycles. The van der Waals surface area contributed by atoms with Crippen LogP contribution in [0.2, 0.25) is 10.0 Å². The predicted molar refractivity (Wildman–Crippen MR) is 148 cm³/mol. The van der Waals surface area contributed by atoms with Gasteiger partial charge >= 0.3 is 0 Å². The average molecular weight is 572 g/mol. The third-order valence-corrected chi connectivity index (χ3v) is 6.58. The van der Waals surface area contributed by atoms with Crippen molar-refractivity contribution in [3.05, 3.63) is 88.7 Å². The molecule has 0 radical (unpaired) electrons. The molecule has 4 rings (SSSR count). The van der Waals surface area contributed by atoms with E-state index in [1.54, 1.807) is 48.1 Å². The Morgan fingerprint density at radius 1 is 0.974 bits per heavy atom. The highest BCUT2D eigenvalue weighted by atomic mass is 35.5. The first-order chi connectivity index (χ1) is 18.4. The van der Waals surface area contributed by atoms with E-state index in [9.17, 15) is 9.59 Å². The molecule has 0 aliphatic carbocycles. The first-order valence-corrected chi connectivity index (χ1v) is 13.1. The molecule has 38 heavy (non-hydrogen) atoms. The number of halogens is 2. The molecule has 196 valence electrons. The Morgan fingerprint density at radius 3 is 2.45 bits per heavy atom. The van der Waals surface area contributed by atoms with E-state index in [1.807, 2.05) is 30.3 Å². The SMILES string of the molecule is COc1ccc(NC(=O)CSc2nnc(CNC(=O)COc3ccc(Cl)cc3Cl)n2-c2ccccc2)cc1. The van der Waals surface area contributed by atoms with Crippen LogP contribution in [0.1, 0.15) is 5.82 Å². The van der Waals surface area contributed by atoms with E-state index in [0.717, 1.165) is 5.69 Å². The van der Waals surface area contributed by atoms with E-state index in [1.165, 1.54) is 17.8 Å². The van der Waals surface area contributed by atoms with Crippen molar-refractivity contribution >= 4 is 52.5 Å². The fraction of sp³-hybridized carbons (Fsp3) is 0.154. The van der Waals surface area contributed by atoms with Crippen LogP contribution < -0.4 is 20.1 Å². The Balaban J connectivity index is 1.38. The molecule has 9 nitrogen and oxygen atoms in total. The van der Waals surface area contributed by atoms with Gasteiger partial charge in [0, 0.05) is 16.4 Å². The van der Waals surface area contributed by atoms with Crippen LogP contribution in [0, 0.1) is 0 Å². The quantitative estimate of drug-likeness (QED) is 0.244. The lowest BCUT2D eigenvalue weighted by Gasteiger charge is -2.12. The summed E-state index contributed by atoms with van der Waals surface area (Å²) in [5.41, 5.74) is 1.45. The van der Waals surface area contributed by atoms with Gasteiger partial charge in [-0.1, -0.05) is 53.2 Å². The van der Waals surface area contributed by atoms with E-state index < -0.39 is 0 Å². The second-order valence-electron chi connectivity index (χ2n) is 7.78. The molecule has 0 spiro atoms. The number of rotatable bonds is 11. The van der Waals surface area contributed by atoms with E-state index in [2.05, 4.69) is 20.8 Å². The van der Waals surface area contributed by atoms with Crippen LogP contribution in [0.15, 0.2) is 78.0 Å². The number of anilines is 1. The molecule has 0 aliphatic rings. The molecule has 2 N–H and O–H groups in total. The van der Waals surface area contributed by atoms with Crippen molar-refractivity contribution in [3.63, 3.8) is 0 Å². The van der Waals surface area contributed by atoms with Gasteiger partial charge < -0.3 is 20.1 Å². The number of nitrogens with one attached hydrogen (secondary N) is 2. The Labute approximate surface area is 233 Å². The second-order valence-corrected chi connectivity index (χ2v) is 9.56. The number of hydrogen-bond acceptors (Lipinski definition) is 7. The van der Waals surface area contributed by atoms with Crippen LogP contribution in [0.25, 0.3) is 5.69 Å². The molecule has 12 heteroatoms. The van der Waals surface area contributed by atoms with E-state index >= 15 is 0 Å². The molecule has 1 heterocycles. The zero-order valence-corrected chi connectivity index (χ0v) is 22.5. The molecule has 0 fully saturated rings. The summed E-state index contributed by atoms with van der Waals surface area (Å²) in [4.78, 5) is 25.0. The Morgan fingerprint density at radius 2 is 1.74 bits per heavy atom. The van der Waals surface area contributed by atoms with Gasteiger partial charge in [-0.05, 0) is 54.6 Å². The molecule has 3 aromatic carbocycles. The molecule has 0 unspecified atom stereocenters. The van der Waals surface area contributed by atoms with E-state index in [-0.39, 0.29) is 30.7 Å². The largest absolute Gasteiger partial charge is 0.497 e. The van der Waals surface area contributed by atoms with Crippen LogP contribution >= 0.6 is 35.0 Å². The van der Waals surface area contributed by atoms with Gasteiger partial charge in [0.1, 0.15) is 11.5 Å². The Kier molecular flexibility index (Phi) is 9.47. The summed E-state index contributed by atoms with van der Waals surface area (Å²) >= 11 is 13.2. The van der Waals surface area contributed by atoms with Crippen LogP contribution in [0.4, 0.5) is 5.69 Å². The van der Waals surface area contributed by atoms with Crippen molar-refractivity contribution in [2.24, 2.45) is 0 Å². The number of nitrogens with zero attached hydrogens (tertiary/aromatic N) is 3. The summed E-state index contributed by atoms with van der Waals surface area (Å²) in [6, 6.07) is 21.3. The molecular formula is C26H23Cl2N5O4S. The van der Waals surface area contributed by atoms with Crippen LogP contribution in [0.3, 0.4) is 0 Å². The summed E-state index contributed by atoms with van der Waals surface area (Å²) < 4.78 is 12.4. The zero-order valence-electron chi connectivity index (χ0n) is 20.2. The summed E-state index contributed by atoms with van der Waals surface area (Å²) in [6.45, 7) is -0.148. The van der Waals surface area contributed by atoms with E-state index in [4.69, 9.17) is 32.7 Å². The Hall–Kier alpha value is -3.73. The van der Waals surface area contributed by atoms with Gasteiger partial charge in [-0.3, -0.25) is 14.2 Å². The van der Waals surface area contributed by atoms with Crippen molar-refractivity contribution in [3.8, 4) is 17.2 Å². The minimum atomic E-state index is -0.369. The number of hydrogen-bond donors (Lipinski definition) is 2. The molecule has 2 amide bonds. The highest BCUT2D eigenvalue weighted by molar-refractivity contribution is 7.99. The lowest BCUT2D eigenvalue weighted by Crippen LogP contribution is -2.29. The van der Waals surface area contributed by atoms with Gasteiger partial charge in [-0.2, -0.15) is 0 Å². The normalized spacial score (nSPS) is 10.6. The molecule has 1 aromatic heterocycles. The van der Waals surface area contributed by atoms with Crippen LogP contribution in [-0.2, 0) is 16.1 Å². The maximum atomic E-state index is 12.5. The third-order valence-electron chi connectivity index (χ3n) is 5.12. The molecule has 0 atom stereocenters. The maximum Gasteiger partial charge on any atom is 0.258 e. The molecular weight excluding hydrogens is 549 g/mol. The highest BCUT2D eigenvalue weighted by Gasteiger charge is 2.17. The first-order valence-electron chi connectivity index (χ1n) is 11.3. The first kappa shape index (κ1) is 27.3. The smallest absolute Gasteiger partial charge is 0.258 e. The Bertz CT molecular complexity index is 1400. The lowest BCUT2D eigenvalue weighted by molar-refractivity contribution is -0.123. The monoisotopic (exact) mass is 571 g/mol. The number of carbonyl (C=O) groups is 2. The van der Waals surface area contributed by atoms with Crippen molar-refractivity contribution < 1.29 is 19.1 Å². The third kappa shape index (κ3) is 7.41. The summed E-state index contributed by atoms with van der Waals surface area (Å²) in [6.07, 6.45) is 0. The van der Waals surface area contributed by atoms with Gasteiger partial charge in [-0.15, -0.1) is 10.2 Å². The molecule has 0 bridgehead atoms. The summed E-state index contributed by atoms with van der Waals surface area (Å²) in [5, 5.41) is 15.4. The number of thioether (sulfide) groups is 1. The number of amides is 2. The van der Waals surface area contributed by atoms with Crippen molar-refractivity contribution in [2.45, 2.75) is 11.7 Å². The topological polar surface area (TPSA) is 107 Å². The second kappa shape index (κ2) is 13.2.